The Morgan fingerprint density at radius 3 is 2.85 bits per heavy atom. The zero-order chi connectivity index (χ0) is 17.9. The lowest BCUT2D eigenvalue weighted by atomic mass is 10.3. The van der Waals surface area contributed by atoms with Crippen LogP contribution >= 0.6 is 0 Å². The number of carbonyl (C=O) groups is 1. The summed E-state index contributed by atoms with van der Waals surface area (Å²) in [6.07, 6.45) is 3.47. The minimum absolute atomic E-state index is 0.138. The molecule has 0 fully saturated rings. The number of carbonyl (C=O) groups excluding carboxylic acids is 1. The number of rotatable bonds is 4. The van der Waals surface area contributed by atoms with E-state index in [-0.39, 0.29) is 5.91 Å². The number of hydrogen-bond acceptors (Lipinski definition) is 5. The molecule has 0 aliphatic carbocycles. The molecular formula is C19H15N5O2. The van der Waals surface area contributed by atoms with Crippen molar-refractivity contribution in [1.82, 2.24) is 9.38 Å². The Bertz CT molecular complexity index is 1100. The van der Waals surface area contributed by atoms with Crippen molar-refractivity contribution in [3.05, 3.63) is 67.1 Å². The summed E-state index contributed by atoms with van der Waals surface area (Å²) >= 11 is 0. The molecule has 0 spiro atoms. The molecule has 26 heavy (non-hydrogen) atoms. The quantitative estimate of drug-likeness (QED) is 0.530. The molecule has 0 aliphatic rings. The second kappa shape index (κ2) is 6.64. The first-order valence-corrected chi connectivity index (χ1v) is 8.01. The van der Waals surface area contributed by atoms with Gasteiger partial charge in [0.15, 0.2) is 17.3 Å². The van der Waals surface area contributed by atoms with E-state index >= 15 is 0 Å². The number of benzene rings is 1. The lowest BCUT2D eigenvalue weighted by molar-refractivity contribution is -0.114. The topological polar surface area (TPSA) is 84.3 Å². The molecule has 1 N–H and O–H groups in total. The molecule has 4 rings (SSSR count). The van der Waals surface area contributed by atoms with E-state index in [4.69, 9.17) is 4.42 Å². The summed E-state index contributed by atoms with van der Waals surface area (Å²) < 4.78 is 7.33. The van der Waals surface area contributed by atoms with Gasteiger partial charge in [0.2, 0.25) is 5.91 Å². The maximum atomic E-state index is 11.2. The third-order valence-electron chi connectivity index (χ3n) is 3.69. The van der Waals surface area contributed by atoms with Crippen molar-refractivity contribution in [1.29, 1.82) is 0 Å². The van der Waals surface area contributed by atoms with Gasteiger partial charge in [-0.05, 0) is 42.5 Å². The number of amides is 1. The number of pyridine rings is 1. The average molecular weight is 345 g/mol. The number of nitrogens with one attached hydrogen (secondary N) is 1. The number of azo groups is 1. The van der Waals surface area contributed by atoms with Gasteiger partial charge >= 0.3 is 0 Å². The fraction of sp³-hybridized carbons (Fsp3) is 0.0526. The first-order chi connectivity index (χ1) is 12.7. The summed E-state index contributed by atoms with van der Waals surface area (Å²) in [5, 5.41) is 11.4. The molecule has 0 bridgehead atoms. The van der Waals surface area contributed by atoms with Crippen LogP contribution in [0.4, 0.5) is 17.2 Å². The monoisotopic (exact) mass is 345 g/mol. The first kappa shape index (κ1) is 15.8. The zero-order valence-electron chi connectivity index (χ0n) is 14.0. The van der Waals surface area contributed by atoms with Crippen LogP contribution in [0.1, 0.15) is 6.92 Å². The van der Waals surface area contributed by atoms with Gasteiger partial charge in [0, 0.05) is 18.8 Å². The second-order valence-corrected chi connectivity index (χ2v) is 5.62. The van der Waals surface area contributed by atoms with Crippen LogP contribution in [0.25, 0.3) is 17.1 Å². The Morgan fingerprint density at radius 2 is 2.04 bits per heavy atom. The van der Waals surface area contributed by atoms with E-state index in [0.717, 1.165) is 5.65 Å². The Kier molecular flexibility index (Phi) is 4.03. The number of aromatic nitrogens is 2. The van der Waals surface area contributed by atoms with E-state index in [2.05, 4.69) is 20.5 Å². The van der Waals surface area contributed by atoms with Gasteiger partial charge in [0.05, 0.1) is 12.0 Å². The molecule has 0 aliphatic heterocycles. The van der Waals surface area contributed by atoms with Crippen LogP contribution in [0.3, 0.4) is 0 Å². The number of furan rings is 1. The van der Waals surface area contributed by atoms with Crippen molar-refractivity contribution in [2.24, 2.45) is 10.2 Å². The van der Waals surface area contributed by atoms with E-state index in [1.807, 2.05) is 47.0 Å². The molecule has 0 radical (unpaired) electrons. The second-order valence-electron chi connectivity index (χ2n) is 5.62. The predicted molar refractivity (Wildman–Crippen MR) is 97.8 cm³/mol. The van der Waals surface area contributed by atoms with Gasteiger partial charge in [-0.3, -0.25) is 9.20 Å². The molecule has 0 unspecified atom stereocenters. The molecule has 1 aromatic carbocycles. The van der Waals surface area contributed by atoms with E-state index in [9.17, 15) is 4.79 Å². The van der Waals surface area contributed by atoms with E-state index in [1.165, 1.54) is 6.92 Å². The Balaban J connectivity index is 1.76. The van der Waals surface area contributed by atoms with Crippen LogP contribution in [-0.2, 0) is 4.79 Å². The van der Waals surface area contributed by atoms with Gasteiger partial charge in [0.25, 0.3) is 0 Å². The fourth-order valence-corrected chi connectivity index (χ4v) is 2.61. The minimum Gasteiger partial charge on any atom is -0.463 e. The largest absolute Gasteiger partial charge is 0.463 e. The zero-order valence-corrected chi connectivity index (χ0v) is 14.0. The number of hydrogen-bond donors (Lipinski definition) is 1. The molecular weight excluding hydrogens is 330 g/mol. The minimum atomic E-state index is -0.138. The summed E-state index contributed by atoms with van der Waals surface area (Å²) in [5.74, 6) is 1.05. The third-order valence-corrected chi connectivity index (χ3v) is 3.69. The third kappa shape index (κ3) is 3.10. The average Bonchev–Trinajstić information content (AvgIpc) is 3.27. The Morgan fingerprint density at radius 1 is 1.12 bits per heavy atom. The van der Waals surface area contributed by atoms with Gasteiger partial charge in [-0.15, -0.1) is 10.2 Å². The summed E-state index contributed by atoms with van der Waals surface area (Å²) in [6, 6.07) is 16.5. The van der Waals surface area contributed by atoms with Crippen molar-refractivity contribution in [2.75, 3.05) is 5.32 Å². The summed E-state index contributed by atoms with van der Waals surface area (Å²) in [5.41, 5.74) is 2.65. The van der Waals surface area contributed by atoms with Crippen molar-refractivity contribution >= 4 is 28.7 Å². The number of nitrogens with zero attached hydrogens (tertiary/aromatic N) is 4. The maximum absolute atomic E-state index is 11.2. The first-order valence-electron chi connectivity index (χ1n) is 8.01. The number of imidazole rings is 1. The molecule has 128 valence electrons. The highest BCUT2D eigenvalue weighted by molar-refractivity contribution is 5.89. The maximum Gasteiger partial charge on any atom is 0.221 e. The van der Waals surface area contributed by atoms with E-state index < -0.39 is 0 Å². The van der Waals surface area contributed by atoms with Crippen LogP contribution in [0, 0.1) is 0 Å². The molecule has 7 heteroatoms. The van der Waals surface area contributed by atoms with Crippen molar-refractivity contribution < 1.29 is 9.21 Å². The highest BCUT2D eigenvalue weighted by Gasteiger charge is 2.15. The van der Waals surface area contributed by atoms with Crippen molar-refractivity contribution in [3.63, 3.8) is 0 Å². The Hall–Kier alpha value is -3.74. The molecule has 0 saturated carbocycles. The smallest absolute Gasteiger partial charge is 0.221 e. The van der Waals surface area contributed by atoms with E-state index in [1.54, 1.807) is 24.5 Å². The Labute approximate surface area is 149 Å². The number of fused-ring (bicyclic) bond motifs is 1. The summed E-state index contributed by atoms with van der Waals surface area (Å²) in [4.78, 5) is 15.8. The normalized spacial score (nSPS) is 11.3. The van der Waals surface area contributed by atoms with Crippen LogP contribution in [0.2, 0.25) is 0 Å². The van der Waals surface area contributed by atoms with Crippen molar-refractivity contribution in [2.45, 2.75) is 6.92 Å². The van der Waals surface area contributed by atoms with E-state index in [0.29, 0.717) is 28.6 Å². The molecule has 4 aromatic rings. The van der Waals surface area contributed by atoms with Gasteiger partial charge < -0.3 is 9.73 Å². The molecule has 0 atom stereocenters. The van der Waals surface area contributed by atoms with Crippen LogP contribution in [0.5, 0.6) is 0 Å². The molecule has 1 amide bonds. The molecule has 3 heterocycles. The predicted octanol–water partition coefficient (Wildman–Crippen LogP) is 4.97. The molecule has 0 saturated heterocycles. The van der Waals surface area contributed by atoms with Gasteiger partial charge in [0.1, 0.15) is 5.65 Å². The van der Waals surface area contributed by atoms with Crippen molar-refractivity contribution in [3.8, 4) is 11.5 Å². The lowest BCUT2D eigenvalue weighted by Gasteiger charge is -2.02. The van der Waals surface area contributed by atoms with Gasteiger partial charge in [-0.1, -0.05) is 12.1 Å². The summed E-state index contributed by atoms with van der Waals surface area (Å²) in [6.45, 7) is 1.46. The fourth-order valence-electron chi connectivity index (χ4n) is 2.61. The van der Waals surface area contributed by atoms with Gasteiger partial charge in [-0.2, -0.15) is 0 Å². The SMILES string of the molecule is CC(=O)Nc1cccc(N=Nc2c(-c3ccco3)nc3ccccn23)c1. The van der Waals surface area contributed by atoms with Crippen LogP contribution in [-0.4, -0.2) is 15.3 Å². The molecule has 7 nitrogen and oxygen atoms in total. The van der Waals surface area contributed by atoms with Crippen LogP contribution in [0.15, 0.2) is 81.7 Å². The number of anilines is 1. The standard InChI is InChI=1S/C19H15N5O2/c1-13(25)20-14-6-4-7-15(12-14)22-23-19-18(16-8-5-11-26-16)21-17-9-2-3-10-24(17)19/h2-12H,1H3,(H,20,25). The highest BCUT2D eigenvalue weighted by atomic mass is 16.3. The van der Waals surface area contributed by atoms with Gasteiger partial charge in [-0.25, -0.2) is 4.98 Å². The van der Waals surface area contributed by atoms with Crippen LogP contribution < -0.4 is 5.32 Å². The lowest BCUT2D eigenvalue weighted by Crippen LogP contribution is -2.04. The molecule has 3 aromatic heterocycles. The highest BCUT2D eigenvalue weighted by Crippen LogP contribution is 2.32. The summed E-state index contributed by atoms with van der Waals surface area (Å²) in [7, 11) is 0.